The van der Waals surface area contributed by atoms with Crippen LogP contribution >= 0.6 is 8.25 Å². The summed E-state index contributed by atoms with van der Waals surface area (Å²) in [6, 6.07) is 14.8. The van der Waals surface area contributed by atoms with Gasteiger partial charge in [0.25, 0.3) is 0 Å². The van der Waals surface area contributed by atoms with Gasteiger partial charge >= 0.3 is 8.25 Å². The maximum absolute atomic E-state index is 8.74. The second kappa shape index (κ2) is 8.65. The van der Waals surface area contributed by atoms with Gasteiger partial charge in [0.2, 0.25) is 0 Å². The van der Waals surface area contributed by atoms with E-state index in [1.807, 2.05) is 6.79 Å². The Balaban J connectivity index is 0.000000368. The fraction of sp³-hybridized carbons (Fsp3) is 0.0833. The summed E-state index contributed by atoms with van der Waals surface area (Å²) in [5.41, 5.74) is 1.35. The molecule has 4 nitrogen and oxygen atoms in total. The summed E-state index contributed by atoms with van der Waals surface area (Å²) >= 11 is 0. The zero-order valence-corrected chi connectivity index (χ0v) is 10.5. The monoisotopic (exact) mass is 254 g/mol. The first-order chi connectivity index (χ1) is 8.11. The van der Waals surface area contributed by atoms with E-state index in [1.54, 1.807) is 0 Å². The van der Waals surface area contributed by atoms with Crippen molar-refractivity contribution in [2.75, 3.05) is 0 Å². The zero-order chi connectivity index (χ0) is 13.3. The topological polar surface area (TPSA) is 74.6 Å². The molecule has 0 radical (unpaired) electrons. The third-order valence-corrected chi connectivity index (χ3v) is 2.01. The molecule has 0 bridgehead atoms. The maximum atomic E-state index is 8.74. The average Bonchev–Trinajstić information content (AvgIpc) is 2.32. The van der Waals surface area contributed by atoms with Crippen LogP contribution in [0.1, 0.15) is 5.56 Å². The van der Waals surface area contributed by atoms with Gasteiger partial charge < -0.3 is 14.6 Å². The van der Waals surface area contributed by atoms with Crippen LogP contribution in [-0.2, 0) is 9.36 Å². The van der Waals surface area contributed by atoms with Crippen LogP contribution in [0.3, 0.4) is 0 Å². The van der Waals surface area contributed by atoms with Crippen LogP contribution in [0, 0.1) is 6.92 Å². The largest absolute Gasteiger partial charge is 0.326 e. The summed E-state index contributed by atoms with van der Waals surface area (Å²) in [5.74, 6) is 0. The van der Waals surface area contributed by atoms with Gasteiger partial charge in [-0.05, 0) is 23.3 Å². The molecular formula is C12H15O4P. The number of carbonyl (C=O) groups excluding carboxylic acids is 1. The number of fused-ring (bicyclic) bond motifs is 1. The van der Waals surface area contributed by atoms with Gasteiger partial charge in [0.15, 0.2) is 0 Å². The van der Waals surface area contributed by atoms with Gasteiger partial charge in [-0.1, -0.05) is 42.5 Å². The highest BCUT2D eigenvalue weighted by molar-refractivity contribution is 7.30. The van der Waals surface area contributed by atoms with Crippen LogP contribution in [0.25, 0.3) is 10.8 Å². The third-order valence-electron chi connectivity index (χ3n) is 2.01. The summed E-state index contributed by atoms with van der Waals surface area (Å²) in [6.45, 7) is 4.14. The van der Waals surface area contributed by atoms with Gasteiger partial charge in [0.05, 0.1) is 0 Å². The van der Waals surface area contributed by atoms with Crippen LogP contribution in [0.15, 0.2) is 42.5 Å². The van der Waals surface area contributed by atoms with Crippen molar-refractivity contribution in [3.63, 3.8) is 0 Å². The lowest BCUT2D eigenvalue weighted by molar-refractivity contribution is -0.0979. The molecule has 0 saturated carbocycles. The summed E-state index contributed by atoms with van der Waals surface area (Å²) in [7, 11) is -3.13. The molecule has 0 amide bonds. The van der Waals surface area contributed by atoms with Gasteiger partial charge in [-0.15, -0.1) is 0 Å². The fourth-order valence-corrected chi connectivity index (χ4v) is 1.39. The van der Waals surface area contributed by atoms with E-state index >= 15 is 0 Å². The Hall–Kier alpha value is -1.48. The molecule has 0 heterocycles. The summed E-state index contributed by atoms with van der Waals surface area (Å²) in [5, 5.41) is 2.68. The number of benzene rings is 2. The Morgan fingerprint density at radius 1 is 1.00 bits per heavy atom. The first-order valence-electron chi connectivity index (χ1n) is 4.76. The van der Waals surface area contributed by atoms with Crippen molar-refractivity contribution >= 4 is 25.8 Å². The molecule has 2 aromatic carbocycles. The predicted octanol–water partition coefficient (Wildman–Crippen LogP) is 2.32. The van der Waals surface area contributed by atoms with Crippen LogP contribution in [-0.4, -0.2) is 16.6 Å². The number of hydrogen-bond donors (Lipinski definition) is 2. The summed E-state index contributed by atoms with van der Waals surface area (Å²) < 4.78 is 8.74. The minimum atomic E-state index is -3.13. The summed E-state index contributed by atoms with van der Waals surface area (Å²) in [4.78, 5) is 22.3. The third kappa shape index (κ3) is 5.97. The Morgan fingerprint density at radius 2 is 1.47 bits per heavy atom. The van der Waals surface area contributed by atoms with E-state index in [1.165, 1.54) is 16.3 Å². The van der Waals surface area contributed by atoms with Crippen molar-refractivity contribution in [1.82, 2.24) is 0 Å². The lowest BCUT2D eigenvalue weighted by atomic mass is 10.1. The number of carbonyl (C=O) groups is 1. The van der Waals surface area contributed by atoms with E-state index < -0.39 is 8.25 Å². The van der Waals surface area contributed by atoms with Crippen LogP contribution < -0.4 is 0 Å². The second-order valence-corrected chi connectivity index (χ2v) is 3.64. The molecule has 0 unspecified atom stereocenters. The van der Waals surface area contributed by atoms with E-state index in [2.05, 4.69) is 49.4 Å². The number of aryl methyl sites for hydroxylation is 1. The molecule has 5 heteroatoms. The molecule has 17 heavy (non-hydrogen) atoms. The maximum Gasteiger partial charge on any atom is 0.314 e. The fourth-order valence-electron chi connectivity index (χ4n) is 1.39. The van der Waals surface area contributed by atoms with Gasteiger partial charge in [-0.2, -0.15) is 0 Å². The number of rotatable bonds is 0. The molecule has 0 aliphatic rings. The Kier molecular flexibility index (Phi) is 7.89. The van der Waals surface area contributed by atoms with Crippen molar-refractivity contribution < 1.29 is 19.1 Å². The molecule has 0 atom stereocenters. The van der Waals surface area contributed by atoms with Gasteiger partial charge in [-0.25, -0.2) is 0 Å². The SMILES string of the molecule is C=O.Cc1cccc2ccccc12.O=[PH](O)O. The molecule has 0 aliphatic heterocycles. The molecule has 0 spiro atoms. The van der Waals surface area contributed by atoms with Crippen molar-refractivity contribution in [1.29, 1.82) is 0 Å². The lowest BCUT2D eigenvalue weighted by Crippen LogP contribution is -1.75. The highest BCUT2D eigenvalue weighted by atomic mass is 31.1. The van der Waals surface area contributed by atoms with Gasteiger partial charge in [0, 0.05) is 0 Å². The highest BCUT2D eigenvalue weighted by Gasteiger charge is 1.92. The molecule has 0 fully saturated rings. The van der Waals surface area contributed by atoms with Crippen molar-refractivity contribution in [2.45, 2.75) is 6.92 Å². The van der Waals surface area contributed by atoms with E-state index in [0.717, 1.165) is 0 Å². The van der Waals surface area contributed by atoms with Crippen molar-refractivity contribution in [2.24, 2.45) is 0 Å². The molecule has 2 N–H and O–H groups in total. The normalized spacial score (nSPS) is 8.94. The van der Waals surface area contributed by atoms with Crippen LogP contribution in [0.2, 0.25) is 0 Å². The quantitative estimate of drug-likeness (QED) is 0.707. The van der Waals surface area contributed by atoms with E-state index in [4.69, 9.17) is 19.1 Å². The standard InChI is InChI=1S/C11H10.CH2O.H3O3P/c1-9-5-4-7-10-6-2-3-8-11(9)10;1-2;1-4(2)3/h2-8H,1H3;1H2;4H,(H2,1,2,3). The second-order valence-electron chi connectivity index (χ2n) is 3.08. The van der Waals surface area contributed by atoms with E-state index in [0.29, 0.717) is 0 Å². The predicted molar refractivity (Wildman–Crippen MR) is 69.2 cm³/mol. The molecule has 0 aliphatic carbocycles. The van der Waals surface area contributed by atoms with Gasteiger partial charge in [0.1, 0.15) is 6.79 Å². The molecule has 2 rings (SSSR count). The number of hydrogen-bond acceptors (Lipinski definition) is 2. The Bertz CT molecular complexity index is 475. The molecule has 92 valence electrons. The van der Waals surface area contributed by atoms with Gasteiger partial charge in [-0.3, -0.25) is 4.57 Å². The first kappa shape index (κ1) is 15.5. The Morgan fingerprint density at radius 3 is 2.00 bits per heavy atom. The average molecular weight is 254 g/mol. The lowest BCUT2D eigenvalue weighted by Gasteiger charge is -1.98. The smallest absolute Gasteiger partial charge is 0.314 e. The zero-order valence-electron chi connectivity index (χ0n) is 9.46. The Labute approximate surface area is 100 Å². The molecule has 2 aromatic rings. The molecular weight excluding hydrogens is 239 g/mol. The van der Waals surface area contributed by atoms with Crippen molar-refractivity contribution in [3.05, 3.63) is 48.0 Å². The molecule has 0 saturated heterocycles. The van der Waals surface area contributed by atoms with Crippen molar-refractivity contribution in [3.8, 4) is 0 Å². The first-order valence-corrected chi connectivity index (χ1v) is 6.06. The molecule has 0 aromatic heterocycles. The van der Waals surface area contributed by atoms with Crippen LogP contribution in [0.5, 0.6) is 0 Å². The highest BCUT2D eigenvalue weighted by Crippen LogP contribution is 2.16. The van der Waals surface area contributed by atoms with E-state index in [9.17, 15) is 0 Å². The minimum Gasteiger partial charge on any atom is -0.326 e. The van der Waals surface area contributed by atoms with Crippen LogP contribution in [0.4, 0.5) is 0 Å². The summed E-state index contributed by atoms with van der Waals surface area (Å²) in [6.07, 6.45) is 0. The minimum absolute atomic E-state index is 1.33. The van der Waals surface area contributed by atoms with E-state index in [-0.39, 0.29) is 0 Å².